The maximum Gasteiger partial charge on any atom is 0.271 e. The number of sulfonamides is 2. The zero-order valence-electron chi connectivity index (χ0n) is 14.5. The summed E-state index contributed by atoms with van der Waals surface area (Å²) in [5.74, 6) is -0.212. The Morgan fingerprint density at radius 2 is 1.63 bits per heavy atom. The van der Waals surface area contributed by atoms with Crippen LogP contribution in [-0.2, 0) is 20.0 Å². The Hall–Kier alpha value is -1.95. The first kappa shape index (κ1) is 19.8. The van der Waals surface area contributed by atoms with Crippen molar-refractivity contribution in [3.05, 3.63) is 47.3 Å². The number of nitrogens with one attached hydrogen (secondary N) is 1. The van der Waals surface area contributed by atoms with Crippen molar-refractivity contribution in [2.45, 2.75) is 4.21 Å². The molecule has 11 heteroatoms. The summed E-state index contributed by atoms with van der Waals surface area (Å²) in [6.45, 7) is 1.17. The number of anilines is 1. The number of piperazine rings is 1. The fraction of sp³-hybridized carbons (Fsp3) is 0.312. The lowest BCUT2D eigenvalue weighted by Gasteiger charge is -2.33. The number of hydrogen-bond donors (Lipinski definition) is 1. The lowest BCUT2D eigenvalue weighted by Crippen LogP contribution is -2.50. The SMILES string of the molecule is CS(=O)(=O)N1CCN(C(=O)c2ccc(NS(=O)(=O)c3cccs3)cc2)CC1. The molecule has 0 spiro atoms. The van der Waals surface area contributed by atoms with Crippen LogP contribution in [0.4, 0.5) is 5.69 Å². The van der Waals surface area contributed by atoms with Gasteiger partial charge in [-0.3, -0.25) is 9.52 Å². The van der Waals surface area contributed by atoms with E-state index >= 15 is 0 Å². The number of carbonyl (C=O) groups excluding carboxylic acids is 1. The van der Waals surface area contributed by atoms with Crippen molar-refractivity contribution in [2.24, 2.45) is 0 Å². The summed E-state index contributed by atoms with van der Waals surface area (Å²) in [4.78, 5) is 14.2. The molecule has 1 aromatic heterocycles. The van der Waals surface area contributed by atoms with Gasteiger partial charge >= 0.3 is 0 Å². The van der Waals surface area contributed by atoms with Gasteiger partial charge in [0.05, 0.1) is 6.26 Å². The molecule has 3 rings (SSSR count). The lowest BCUT2D eigenvalue weighted by molar-refractivity contribution is 0.0698. The standard InChI is InChI=1S/C16H19N3O5S3/c1-26(21,22)19-10-8-18(9-11-19)16(20)13-4-6-14(7-5-13)17-27(23,24)15-3-2-12-25-15/h2-7,12,17H,8-11H2,1H3. The maximum absolute atomic E-state index is 12.6. The Morgan fingerprint density at radius 1 is 1.00 bits per heavy atom. The first-order valence-electron chi connectivity index (χ1n) is 8.07. The molecule has 2 aromatic rings. The Morgan fingerprint density at radius 3 is 2.15 bits per heavy atom. The van der Waals surface area contributed by atoms with Crippen LogP contribution in [-0.4, -0.2) is 64.4 Å². The first-order valence-corrected chi connectivity index (χ1v) is 12.3. The van der Waals surface area contributed by atoms with E-state index in [9.17, 15) is 21.6 Å². The highest BCUT2D eigenvalue weighted by Crippen LogP contribution is 2.21. The van der Waals surface area contributed by atoms with Crippen LogP contribution in [0.1, 0.15) is 10.4 Å². The summed E-state index contributed by atoms with van der Waals surface area (Å²) in [6, 6.07) is 9.34. The van der Waals surface area contributed by atoms with Crippen LogP contribution in [0.3, 0.4) is 0 Å². The zero-order chi connectivity index (χ0) is 19.7. The second-order valence-electron chi connectivity index (χ2n) is 6.07. The van der Waals surface area contributed by atoms with Crippen LogP contribution in [0.2, 0.25) is 0 Å². The zero-order valence-corrected chi connectivity index (χ0v) is 17.0. The van der Waals surface area contributed by atoms with Gasteiger partial charge in [-0.05, 0) is 35.7 Å². The van der Waals surface area contributed by atoms with E-state index in [-0.39, 0.29) is 23.2 Å². The van der Waals surface area contributed by atoms with Crippen LogP contribution < -0.4 is 4.72 Å². The third kappa shape index (κ3) is 4.67. The van der Waals surface area contributed by atoms with Crippen molar-refractivity contribution in [3.63, 3.8) is 0 Å². The predicted octanol–water partition coefficient (Wildman–Crippen LogP) is 1.27. The minimum absolute atomic E-state index is 0.212. The second kappa shape index (κ2) is 7.58. The summed E-state index contributed by atoms with van der Waals surface area (Å²) in [5.41, 5.74) is 0.781. The molecule has 1 N–H and O–H groups in total. The summed E-state index contributed by atoms with van der Waals surface area (Å²) < 4.78 is 51.5. The number of hydrogen-bond acceptors (Lipinski definition) is 6. The van der Waals surface area contributed by atoms with E-state index in [1.165, 1.54) is 22.5 Å². The van der Waals surface area contributed by atoms with Gasteiger partial charge in [-0.1, -0.05) is 6.07 Å². The number of nitrogens with zero attached hydrogens (tertiary/aromatic N) is 2. The van der Waals surface area contributed by atoms with Crippen molar-refractivity contribution in [1.82, 2.24) is 9.21 Å². The van der Waals surface area contributed by atoms with Crippen LogP contribution in [0.25, 0.3) is 0 Å². The van der Waals surface area contributed by atoms with Gasteiger partial charge in [-0.25, -0.2) is 16.8 Å². The largest absolute Gasteiger partial charge is 0.336 e. The third-order valence-corrected chi connectivity index (χ3v) is 8.22. The van der Waals surface area contributed by atoms with Crippen molar-refractivity contribution in [2.75, 3.05) is 37.2 Å². The Kier molecular flexibility index (Phi) is 5.56. The van der Waals surface area contributed by atoms with E-state index in [2.05, 4.69) is 4.72 Å². The topological polar surface area (TPSA) is 104 Å². The molecule has 0 aliphatic carbocycles. The van der Waals surface area contributed by atoms with E-state index in [1.54, 1.807) is 28.5 Å². The smallest absolute Gasteiger partial charge is 0.271 e. The molecular formula is C16H19N3O5S3. The second-order valence-corrected chi connectivity index (χ2v) is 10.9. The molecule has 1 amide bonds. The minimum atomic E-state index is -3.63. The number of amides is 1. The van der Waals surface area contributed by atoms with Gasteiger partial charge in [0.2, 0.25) is 10.0 Å². The molecular weight excluding hydrogens is 410 g/mol. The van der Waals surface area contributed by atoms with Crippen molar-refractivity contribution in [3.8, 4) is 0 Å². The molecule has 27 heavy (non-hydrogen) atoms. The molecule has 0 bridgehead atoms. The summed E-state index contributed by atoms with van der Waals surface area (Å²) in [7, 11) is -6.88. The summed E-state index contributed by atoms with van der Waals surface area (Å²) >= 11 is 1.12. The van der Waals surface area contributed by atoms with Gasteiger partial charge in [-0.2, -0.15) is 4.31 Å². The molecule has 0 unspecified atom stereocenters. The number of thiophene rings is 1. The van der Waals surface area contributed by atoms with Crippen molar-refractivity contribution < 1.29 is 21.6 Å². The van der Waals surface area contributed by atoms with Gasteiger partial charge in [-0.15, -0.1) is 11.3 Å². The summed E-state index contributed by atoms with van der Waals surface area (Å²) in [5, 5.41) is 1.68. The van der Waals surface area contributed by atoms with E-state index in [4.69, 9.17) is 0 Å². The van der Waals surface area contributed by atoms with E-state index < -0.39 is 20.0 Å². The van der Waals surface area contributed by atoms with E-state index in [0.717, 1.165) is 17.6 Å². The molecule has 146 valence electrons. The Balaban J connectivity index is 1.65. The quantitative estimate of drug-likeness (QED) is 0.771. The van der Waals surface area contributed by atoms with Gasteiger partial charge in [0.25, 0.3) is 15.9 Å². The average molecular weight is 430 g/mol. The first-order chi connectivity index (χ1) is 12.7. The fourth-order valence-electron chi connectivity index (χ4n) is 2.71. The van der Waals surface area contributed by atoms with E-state index in [0.29, 0.717) is 24.3 Å². The van der Waals surface area contributed by atoms with Crippen LogP contribution >= 0.6 is 11.3 Å². The molecule has 1 aromatic carbocycles. The molecule has 1 aliphatic rings. The fourth-order valence-corrected chi connectivity index (χ4v) is 5.59. The van der Waals surface area contributed by atoms with Gasteiger partial charge < -0.3 is 4.90 Å². The van der Waals surface area contributed by atoms with Gasteiger partial charge in [0.1, 0.15) is 4.21 Å². The number of carbonyl (C=O) groups is 1. The van der Waals surface area contributed by atoms with Gasteiger partial charge in [0.15, 0.2) is 0 Å². The highest BCUT2D eigenvalue weighted by molar-refractivity contribution is 7.94. The van der Waals surface area contributed by atoms with Crippen molar-refractivity contribution in [1.29, 1.82) is 0 Å². The van der Waals surface area contributed by atoms with Crippen LogP contribution in [0, 0.1) is 0 Å². The number of benzene rings is 1. The Bertz CT molecular complexity index is 1010. The highest BCUT2D eigenvalue weighted by atomic mass is 32.2. The average Bonchev–Trinajstić information content (AvgIpc) is 3.17. The Labute approximate surface area is 162 Å². The lowest BCUT2D eigenvalue weighted by atomic mass is 10.1. The molecule has 1 saturated heterocycles. The highest BCUT2D eigenvalue weighted by Gasteiger charge is 2.26. The molecule has 0 saturated carbocycles. The molecule has 0 atom stereocenters. The monoisotopic (exact) mass is 429 g/mol. The predicted molar refractivity (Wildman–Crippen MR) is 104 cm³/mol. The molecule has 1 fully saturated rings. The summed E-state index contributed by atoms with van der Waals surface area (Å²) in [6.07, 6.45) is 1.15. The molecule has 8 nitrogen and oxygen atoms in total. The van der Waals surface area contributed by atoms with Crippen molar-refractivity contribution >= 4 is 43.0 Å². The van der Waals surface area contributed by atoms with Crippen LogP contribution in [0.15, 0.2) is 46.0 Å². The maximum atomic E-state index is 12.6. The third-order valence-electron chi connectivity index (χ3n) is 4.14. The number of rotatable bonds is 5. The normalized spacial score (nSPS) is 16.3. The molecule has 2 heterocycles. The molecule has 0 radical (unpaired) electrons. The van der Waals surface area contributed by atoms with E-state index in [1.807, 2.05) is 0 Å². The van der Waals surface area contributed by atoms with Crippen LogP contribution in [0.5, 0.6) is 0 Å². The minimum Gasteiger partial charge on any atom is -0.336 e. The molecule has 1 aliphatic heterocycles. The van der Waals surface area contributed by atoms with Gasteiger partial charge in [0, 0.05) is 37.4 Å².